The van der Waals surface area contributed by atoms with Crippen LogP contribution in [0.25, 0.3) is 10.8 Å². The lowest BCUT2D eigenvalue weighted by atomic mass is 10.1. The van der Waals surface area contributed by atoms with Crippen LogP contribution in [0.1, 0.15) is 19.7 Å². The molecule has 27 heavy (non-hydrogen) atoms. The zero-order chi connectivity index (χ0) is 19.2. The summed E-state index contributed by atoms with van der Waals surface area (Å²) in [4.78, 5) is 14.0. The molecule has 1 amide bonds. The second kappa shape index (κ2) is 8.90. The van der Waals surface area contributed by atoms with E-state index in [-0.39, 0.29) is 5.91 Å². The Morgan fingerprint density at radius 2 is 1.85 bits per heavy atom. The highest BCUT2D eigenvalue weighted by molar-refractivity contribution is 7.99. The fourth-order valence-electron chi connectivity index (χ4n) is 2.85. The van der Waals surface area contributed by atoms with E-state index < -0.39 is 0 Å². The van der Waals surface area contributed by atoms with E-state index in [2.05, 4.69) is 22.3 Å². The van der Waals surface area contributed by atoms with Gasteiger partial charge in [0.05, 0.1) is 5.75 Å². The van der Waals surface area contributed by atoms with Gasteiger partial charge in [0.15, 0.2) is 11.0 Å². The number of thioether (sulfide) groups is 1. The molecule has 0 bridgehead atoms. The number of hydrogen-bond donors (Lipinski definition) is 0. The van der Waals surface area contributed by atoms with Crippen molar-refractivity contribution < 1.29 is 9.53 Å². The van der Waals surface area contributed by atoms with Crippen LogP contribution in [0.3, 0.4) is 0 Å². The highest BCUT2D eigenvalue weighted by Gasteiger charge is 2.15. The number of ether oxygens (including phenoxy) is 1. The number of carbonyl (C=O) groups is 1. The smallest absolute Gasteiger partial charge is 0.233 e. The van der Waals surface area contributed by atoms with Gasteiger partial charge in [-0.25, -0.2) is 0 Å². The Labute approximate surface area is 163 Å². The minimum absolute atomic E-state index is 0.113. The molecule has 0 fully saturated rings. The summed E-state index contributed by atoms with van der Waals surface area (Å²) >= 11 is 1.40. The summed E-state index contributed by atoms with van der Waals surface area (Å²) in [6, 6.07) is 14.1. The third kappa shape index (κ3) is 4.42. The first-order valence-electron chi connectivity index (χ1n) is 9.03. The van der Waals surface area contributed by atoms with E-state index in [0.29, 0.717) is 17.5 Å². The first-order valence-corrected chi connectivity index (χ1v) is 10.0. The Hall–Kier alpha value is -2.54. The van der Waals surface area contributed by atoms with Crippen LogP contribution >= 0.6 is 11.8 Å². The maximum absolute atomic E-state index is 12.2. The number of fused-ring (bicyclic) bond motifs is 1. The molecule has 0 aliphatic rings. The maximum Gasteiger partial charge on any atom is 0.233 e. The van der Waals surface area contributed by atoms with Crippen molar-refractivity contribution >= 4 is 28.4 Å². The molecule has 7 heteroatoms. The van der Waals surface area contributed by atoms with Crippen LogP contribution in [0.15, 0.2) is 47.6 Å². The first kappa shape index (κ1) is 19.2. The van der Waals surface area contributed by atoms with E-state index in [9.17, 15) is 4.79 Å². The molecule has 2 aromatic carbocycles. The van der Waals surface area contributed by atoms with E-state index in [1.807, 2.05) is 60.7 Å². The molecule has 1 heterocycles. The van der Waals surface area contributed by atoms with E-state index >= 15 is 0 Å². The van der Waals surface area contributed by atoms with Crippen LogP contribution in [0, 0.1) is 0 Å². The molecule has 0 aliphatic carbocycles. The second-order valence-electron chi connectivity index (χ2n) is 6.08. The van der Waals surface area contributed by atoms with Crippen molar-refractivity contribution in [2.24, 2.45) is 7.05 Å². The third-order valence-electron chi connectivity index (χ3n) is 4.47. The predicted molar refractivity (Wildman–Crippen MR) is 108 cm³/mol. The third-order valence-corrected chi connectivity index (χ3v) is 5.48. The molecule has 0 saturated carbocycles. The summed E-state index contributed by atoms with van der Waals surface area (Å²) in [5.74, 6) is 2.02. The summed E-state index contributed by atoms with van der Waals surface area (Å²) in [7, 11) is 1.89. The van der Waals surface area contributed by atoms with Crippen molar-refractivity contribution in [2.45, 2.75) is 25.6 Å². The van der Waals surface area contributed by atoms with Crippen LogP contribution in [0.2, 0.25) is 0 Å². The van der Waals surface area contributed by atoms with Gasteiger partial charge in [-0.1, -0.05) is 48.2 Å². The van der Waals surface area contributed by atoms with Crippen molar-refractivity contribution in [1.82, 2.24) is 19.7 Å². The Bertz CT molecular complexity index is 916. The molecule has 0 saturated heterocycles. The quantitative estimate of drug-likeness (QED) is 0.556. The largest absolute Gasteiger partial charge is 0.485 e. The minimum atomic E-state index is 0.113. The van der Waals surface area contributed by atoms with E-state index in [4.69, 9.17) is 4.74 Å². The van der Waals surface area contributed by atoms with Gasteiger partial charge in [0.1, 0.15) is 12.4 Å². The van der Waals surface area contributed by atoms with Crippen LogP contribution in [-0.2, 0) is 18.4 Å². The Kier molecular flexibility index (Phi) is 6.34. The van der Waals surface area contributed by atoms with E-state index in [0.717, 1.165) is 35.4 Å². The number of benzene rings is 2. The molecule has 0 aliphatic heterocycles. The minimum Gasteiger partial charge on any atom is -0.485 e. The van der Waals surface area contributed by atoms with Crippen LogP contribution < -0.4 is 4.74 Å². The highest BCUT2D eigenvalue weighted by atomic mass is 32.2. The van der Waals surface area contributed by atoms with Gasteiger partial charge in [-0.05, 0) is 25.3 Å². The summed E-state index contributed by atoms with van der Waals surface area (Å²) < 4.78 is 7.87. The Morgan fingerprint density at radius 3 is 2.63 bits per heavy atom. The first-order chi connectivity index (χ1) is 13.1. The lowest BCUT2D eigenvalue weighted by Crippen LogP contribution is -2.31. The molecule has 0 unspecified atom stereocenters. The molecule has 0 N–H and O–H groups in total. The Balaban J connectivity index is 1.64. The van der Waals surface area contributed by atoms with Gasteiger partial charge in [-0.3, -0.25) is 4.79 Å². The molecule has 0 spiro atoms. The molecular weight excluding hydrogens is 360 g/mol. The fourth-order valence-corrected chi connectivity index (χ4v) is 3.69. The van der Waals surface area contributed by atoms with E-state index in [1.54, 1.807) is 0 Å². The van der Waals surface area contributed by atoms with Crippen LogP contribution in [-0.4, -0.2) is 44.4 Å². The summed E-state index contributed by atoms with van der Waals surface area (Å²) in [5.41, 5.74) is 0. The number of nitrogens with zero attached hydrogens (tertiary/aromatic N) is 4. The lowest BCUT2D eigenvalue weighted by molar-refractivity contribution is -0.127. The summed E-state index contributed by atoms with van der Waals surface area (Å²) in [5, 5.41) is 11.3. The van der Waals surface area contributed by atoms with Crippen LogP contribution in [0.5, 0.6) is 5.75 Å². The van der Waals surface area contributed by atoms with Crippen molar-refractivity contribution in [3.63, 3.8) is 0 Å². The fraction of sp³-hybridized carbons (Fsp3) is 0.350. The Morgan fingerprint density at radius 1 is 1.11 bits per heavy atom. The van der Waals surface area contributed by atoms with Gasteiger partial charge in [0.25, 0.3) is 0 Å². The van der Waals surface area contributed by atoms with Crippen molar-refractivity contribution in [3.8, 4) is 5.75 Å². The molecule has 6 nitrogen and oxygen atoms in total. The number of rotatable bonds is 8. The van der Waals surface area contributed by atoms with Crippen molar-refractivity contribution in [3.05, 3.63) is 48.3 Å². The molecule has 1 aromatic heterocycles. The number of amides is 1. The summed E-state index contributed by atoms with van der Waals surface area (Å²) in [6.45, 7) is 5.73. The van der Waals surface area contributed by atoms with Crippen LogP contribution in [0.4, 0.5) is 0 Å². The molecular formula is C20H24N4O2S. The van der Waals surface area contributed by atoms with Gasteiger partial charge < -0.3 is 14.2 Å². The van der Waals surface area contributed by atoms with Gasteiger partial charge in [0.2, 0.25) is 5.91 Å². The normalized spacial score (nSPS) is 10.9. The molecule has 0 atom stereocenters. The van der Waals surface area contributed by atoms with Gasteiger partial charge in [-0.15, -0.1) is 10.2 Å². The average Bonchev–Trinajstić information content (AvgIpc) is 3.05. The molecule has 0 radical (unpaired) electrons. The zero-order valence-electron chi connectivity index (χ0n) is 15.9. The zero-order valence-corrected chi connectivity index (χ0v) is 16.7. The standard InChI is InChI=1S/C20H24N4O2S/c1-4-24(5-2)19(25)14-27-20-22-21-18(23(20)3)13-26-17-12-8-10-15-9-6-7-11-16(15)17/h6-12H,4-5,13-14H2,1-3H3. The van der Waals surface area contributed by atoms with Crippen molar-refractivity contribution in [1.29, 1.82) is 0 Å². The average molecular weight is 385 g/mol. The number of carbonyl (C=O) groups excluding carboxylic acids is 1. The predicted octanol–water partition coefficient (Wildman–Crippen LogP) is 3.51. The monoisotopic (exact) mass is 384 g/mol. The second-order valence-corrected chi connectivity index (χ2v) is 7.02. The molecule has 3 rings (SSSR count). The topological polar surface area (TPSA) is 60.3 Å². The maximum atomic E-state index is 12.2. The van der Waals surface area contributed by atoms with E-state index in [1.165, 1.54) is 11.8 Å². The lowest BCUT2D eigenvalue weighted by Gasteiger charge is -2.17. The van der Waals surface area contributed by atoms with Gasteiger partial charge in [-0.2, -0.15) is 0 Å². The molecule has 3 aromatic rings. The number of aromatic nitrogens is 3. The SMILES string of the molecule is CCN(CC)C(=O)CSc1nnc(COc2cccc3ccccc23)n1C. The summed E-state index contributed by atoms with van der Waals surface area (Å²) in [6.07, 6.45) is 0. The van der Waals surface area contributed by atoms with Gasteiger partial charge >= 0.3 is 0 Å². The molecule has 142 valence electrons. The number of hydrogen-bond acceptors (Lipinski definition) is 5. The van der Waals surface area contributed by atoms with Gasteiger partial charge in [0, 0.05) is 25.5 Å². The van der Waals surface area contributed by atoms with Crippen molar-refractivity contribution in [2.75, 3.05) is 18.8 Å². The highest BCUT2D eigenvalue weighted by Crippen LogP contribution is 2.26.